The van der Waals surface area contributed by atoms with Crippen molar-refractivity contribution in [2.24, 2.45) is 0 Å². The standard InChI is InChI=1S/C28H33F3N4O3/c1-38-27(37)8-3-2-7-26(36)33-22-9-10-25-24(18-22)20(19-32-25)11-12-34-13-15-35(16-14-34)23-6-4-5-21(17-23)28(29,30)31/h4-6,9-10,17-19,32H,2-3,7-8,11-16H2,1H3,(H,33,36). The number of alkyl halides is 3. The summed E-state index contributed by atoms with van der Waals surface area (Å²) in [4.78, 5) is 31.1. The molecule has 10 heteroatoms. The first-order valence-electron chi connectivity index (χ1n) is 12.8. The van der Waals surface area contributed by atoms with Gasteiger partial charge in [0, 0.05) is 74.0 Å². The minimum absolute atomic E-state index is 0.0926. The molecule has 1 aromatic heterocycles. The van der Waals surface area contributed by atoms with Crippen molar-refractivity contribution in [3.8, 4) is 0 Å². The number of carbonyl (C=O) groups excluding carboxylic acids is 2. The minimum atomic E-state index is -4.34. The molecule has 1 aliphatic heterocycles. The zero-order valence-corrected chi connectivity index (χ0v) is 21.4. The number of piperazine rings is 1. The van der Waals surface area contributed by atoms with E-state index in [1.165, 1.54) is 19.2 Å². The lowest BCUT2D eigenvalue weighted by molar-refractivity contribution is -0.141. The molecule has 0 bridgehead atoms. The maximum Gasteiger partial charge on any atom is 0.416 e. The zero-order chi connectivity index (χ0) is 27.1. The fourth-order valence-electron chi connectivity index (χ4n) is 4.73. The third-order valence-electron chi connectivity index (χ3n) is 6.92. The summed E-state index contributed by atoms with van der Waals surface area (Å²) in [7, 11) is 1.35. The number of fused-ring (bicyclic) bond motifs is 1. The number of halogens is 3. The topological polar surface area (TPSA) is 77.7 Å². The van der Waals surface area contributed by atoms with Crippen LogP contribution in [0, 0.1) is 0 Å². The Morgan fingerprint density at radius 3 is 2.53 bits per heavy atom. The average molecular weight is 531 g/mol. The molecule has 0 unspecified atom stereocenters. The van der Waals surface area contributed by atoms with Crippen LogP contribution in [0.5, 0.6) is 0 Å². The Balaban J connectivity index is 1.27. The summed E-state index contributed by atoms with van der Waals surface area (Å²) in [5, 5.41) is 3.99. The number of benzene rings is 2. The summed E-state index contributed by atoms with van der Waals surface area (Å²) >= 11 is 0. The van der Waals surface area contributed by atoms with Crippen molar-refractivity contribution < 1.29 is 27.5 Å². The molecular formula is C28H33F3N4O3. The minimum Gasteiger partial charge on any atom is -0.469 e. The van der Waals surface area contributed by atoms with Gasteiger partial charge in [-0.2, -0.15) is 13.2 Å². The summed E-state index contributed by atoms with van der Waals surface area (Å²) in [6, 6.07) is 11.3. The molecule has 0 saturated carbocycles. The fourth-order valence-corrected chi connectivity index (χ4v) is 4.73. The summed E-state index contributed by atoms with van der Waals surface area (Å²) in [6.45, 7) is 3.72. The van der Waals surface area contributed by atoms with E-state index in [2.05, 4.69) is 19.9 Å². The van der Waals surface area contributed by atoms with Gasteiger partial charge in [-0.25, -0.2) is 0 Å². The number of nitrogens with one attached hydrogen (secondary N) is 2. The third-order valence-corrected chi connectivity index (χ3v) is 6.92. The van der Waals surface area contributed by atoms with Crippen LogP contribution in [0.2, 0.25) is 0 Å². The molecule has 7 nitrogen and oxygen atoms in total. The number of H-pyrrole nitrogens is 1. The number of amides is 1. The SMILES string of the molecule is COC(=O)CCCCC(=O)Nc1ccc2[nH]cc(CCN3CCN(c4cccc(C(F)(F)F)c4)CC3)c2c1. The number of carbonyl (C=O) groups is 2. The van der Waals surface area contributed by atoms with Crippen molar-refractivity contribution in [2.45, 2.75) is 38.3 Å². The molecule has 0 spiro atoms. The molecule has 2 N–H and O–H groups in total. The van der Waals surface area contributed by atoms with E-state index < -0.39 is 11.7 Å². The lowest BCUT2D eigenvalue weighted by Gasteiger charge is -2.36. The number of aromatic nitrogens is 1. The number of esters is 1. The molecule has 38 heavy (non-hydrogen) atoms. The van der Waals surface area contributed by atoms with Crippen LogP contribution in [0.25, 0.3) is 10.9 Å². The van der Waals surface area contributed by atoms with Crippen LogP contribution in [0.3, 0.4) is 0 Å². The summed E-state index contributed by atoms with van der Waals surface area (Å²) in [5.74, 6) is -0.363. The van der Waals surface area contributed by atoms with Crippen LogP contribution >= 0.6 is 0 Å². The quantitative estimate of drug-likeness (QED) is 0.278. The van der Waals surface area contributed by atoms with Crippen LogP contribution in [-0.4, -0.2) is 61.6 Å². The average Bonchev–Trinajstić information content (AvgIpc) is 3.32. The van der Waals surface area contributed by atoms with Crippen molar-refractivity contribution >= 4 is 34.2 Å². The Bertz CT molecular complexity index is 1250. The van der Waals surface area contributed by atoms with Crippen LogP contribution in [0.15, 0.2) is 48.7 Å². The van der Waals surface area contributed by atoms with Crippen molar-refractivity contribution in [2.75, 3.05) is 50.1 Å². The molecule has 2 aromatic carbocycles. The van der Waals surface area contributed by atoms with Crippen molar-refractivity contribution in [3.05, 3.63) is 59.8 Å². The van der Waals surface area contributed by atoms with Gasteiger partial charge in [0.25, 0.3) is 0 Å². The van der Waals surface area contributed by atoms with Gasteiger partial charge in [-0.15, -0.1) is 0 Å². The predicted molar refractivity (Wildman–Crippen MR) is 141 cm³/mol. The van der Waals surface area contributed by atoms with Gasteiger partial charge in [0.05, 0.1) is 12.7 Å². The van der Waals surface area contributed by atoms with Crippen molar-refractivity contribution in [1.29, 1.82) is 0 Å². The van der Waals surface area contributed by atoms with Crippen molar-refractivity contribution in [3.63, 3.8) is 0 Å². The maximum atomic E-state index is 13.1. The van der Waals surface area contributed by atoms with Gasteiger partial charge >= 0.3 is 12.1 Å². The van der Waals surface area contributed by atoms with E-state index in [1.54, 1.807) is 6.07 Å². The van der Waals surface area contributed by atoms with Crippen LogP contribution in [-0.2, 0) is 26.9 Å². The molecule has 1 amide bonds. The number of methoxy groups -OCH3 is 1. The van der Waals surface area contributed by atoms with E-state index in [1.807, 2.05) is 29.3 Å². The Morgan fingerprint density at radius 2 is 1.79 bits per heavy atom. The Labute approximate surface area is 219 Å². The smallest absolute Gasteiger partial charge is 0.416 e. The molecule has 2 heterocycles. The largest absolute Gasteiger partial charge is 0.469 e. The maximum absolute atomic E-state index is 13.1. The summed E-state index contributed by atoms with van der Waals surface area (Å²) in [5.41, 5.74) is 2.85. The van der Waals surface area contributed by atoms with Gasteiger partial charge in [-0.05, 0) is 61.2 Å². The number of rotatable bonds is 10. The molecule has 0 radical (unpaired) electrons. The Morgan fingerprint density at radius 1 is 1.03 bits per heavy atom. The second-order valence-electron chi connectivity index (χ2n) is 9.53. The summed E-state index contributed by atoms with van der Waals surface area (Å²) < 4.78 is 43.8. The molecule has 1 fully saturated rings. The lowest BCUT2D eigenvalue weighted by atomic mass is 10.1. The molecule has 3 aromatic rings. The van der Waals surface area contributed by atoms with Crippen LogP contribution in [0.1, 0.15) is 36.8 Å². The normalized spacial score (nSPS) is 14.6. The molecule has 0 atom stereocenters. The van der Waals surface area contributed by atoms with E-state index in [0.29, 0.717) is 44.5 Å². The second-order valence-corrected chi connectivity index (χ2v) is 9.53. The molecule has 4 rings (SSSR count). The van der Waals surface area contributed by atoms with Gasteiger partial charge < -0.3 is 19.9 Å². The highest BCUT2D eigenvalue weighted by atomic mass is 19.4. The predicted octanol–water partition coefficient (Wildman–Crippen LogP) is 5.22. The Hall–Kier alpha value is -3.53. The second kappa shape index (κ2) is 12.3. The number of unbranched alkanes of at least 4 members (excludes halogenated alkanes) is 1. The highest BCUT2D eigenvalue weighted by Gasteiger charge is 2.31. The first kappa shape index (κ1) is 27.5. The van der Waals surface area contributed by atoms with Crippen LogP contribution in [0.4, 0.5) is 24.5 Å². The highest BCUT2D eigenvalue weighted by Crippen LogP contribution is 2.32. The zero-order valence-electron chi connectivity index (χ0n) is 21.4. The summed E-state index contributed by atoms with van der Waals surface area (Å²) in [6.07, 6.45) is 0.321. The molecule has 204 valence electrons. The number of anilines is 2. The van der Waals surface area contributed by atoms with Gasteiger partial charge in [0.15, 0.2) is 0 Å². The fraction of sp³-hybridized carbons (Fsp3) is 0.429. The number of aromatic amines is 1. The first-order valence-corrected chi connectivity index (χ1v) is 12.8. The van der Waals surface area contributed by atoms with E-state index in [4.69, 9.17) is 0 Å². The van der Waals surface area contributed by atoms with Crippen molar-refractivity contribution in [1.82, 2.24) is 9.88 Å². The number of nitrogens with zero attached hydrogens (tertiary/aromatic N) is 2. The van der Waals surface area contributed by atoms with Crippen LogP contribution < -0.4 is 10.2 Å². The van der Waals surface area contributed by atoms with E-state index in [-0.39, 0.29) is 11.9 Å². The third kappa shape index (κ3) is 7.28. The molecule has 1 saturated heterocycles. The number of hydrogen-bond acceptors (Lipinski definition) is 5. The number of ether oxygens (including phenoxy) is 1. The number of hydrogen-bond donors (Lipinski definition) is 2. The molecule has 0 aliphatic carbocycles. The van der Waals surface area contributed by atoms with E-state index >= 15 is 0 Å². The van der Waals surface area contributed by atoms with Gasteiger partial charge in [0.1, 0.15) is 0 Å². The molecule has 1 aliphatic rings. The van der Waals surface area contributed by atoms with E-state index in [0.717, 1.165) is 54.3 Å². The van der Waals surface area contributed by atoms with Gasteiger partial charge in [-0.1, -0.05) is 6.07 Å². The van der Waals surface area contributed by atoms with Gasteiger partial charge in [0.2, 0.25) is 5.91 Å². The van der Waals surface area contributed by atoms with Gasteiger partial charge in [-0.3, -0.25) is 14.5 Å². The lowest BCUT2D eigenvalue weighted by Crippen LogP contribution is -2.47. The van der Waals surface area contributed by atoms with E-state index in [9.17, 15) is 22.8 Å². The first-order chi connectivity index (χ1) is 18.2. The monoisotopic (exact) mass is 530 g/mol. The highest BCUT2D eigenvalue weighted by molar-refractivity contribution is 5.94. The Kier molecular flexibility index (Phi) is 8.93. The molecular weight excluding hydrogens is 497 g/mol.